The molecule has 2 heterocycles. The van der Waals surface area contributed by atoms with E-state index < -0.39 is 0 Å². The Hall–Kier alpha value is -2.27. The zero-order valence-electron chi connectivity index (χ0n) is 13.6. The van der Waals surface area contributed by atoms with Gasteiger partial charge in [-0.3, -0.25) is 14.7 Å². The number of nitrogens with one attached hydrogen (secondary N) is 1. The number of hydrogen-bond donors (Lipinski definition) is 1. The highest BCUT2D eigenvalue weighted by Crippen LogP contribution is 2.20. The molecule has 0 spiro atoms. The van der Waals surface area contributed by atoms with Gasteiger partial charge >= 0.3 is 0 Å². The molecule has 126 valence electrons. The van der Waals surface area contributed by atoms with E-state index in [1.165, 1.54) is 6.07 Å². The number of benzene rings is 1. The molecule has 1 aromatic carbocycles. The van der Waals surface area contributed by atoms with Gasteiger partial charge in [0, 0.05) is 37.6 Å². The molecular weight excluding hydrogens is 305 g/mol. The fraction of sp³-hybridized carbons (Fsp3) is 0.368. The van der Waals surface area contributed by atoms with Gasteiger partial charge in [-0.05, 0) is 37.1 Å². The Kier molecular flexibility index (Phi) is 5.54. The Bertz CT molecular complexity index is 677. The number of pyridine rings is 1. The highest BCUT2D eigenvalue weighted by atomic mass is 19.1. The van der Waals surface area contributed by atoms with Crippen molar-refractivity contribution in [2.24, 2.45) is 5.92 Å². The molecule has 5 heteroatoms. The summed E-state index contributed by atoms with van der Waals surface area (Å²) in [7, 11) is 0. The molecule has 1 aromatic heterocycles. The number of nitrogens with zero attached hydrogens (tertiary/aromatic N) is 2. The number of rotatable bonds is 5. The van der Waals surface area contributed by atoms with Crippen LogP contribution < -0.4 is 5.32 Å². The maximum absolute atomic E-state index is 13.8. The van der Waals surface area contributed by atoms with Crippen LogP contribution in [-0.2, 0) is 17.9 Å². The molecule has 0 radical (unpaired) electrons. The van der Waals surface area contributed by atoms with Crippen molar-refractivity contribution in [1.82, 2.24) is 15.2 Å². The Labute approximate surface area is 141 Å². The summed E-state index contributed by atoms with van der Waals surface area (Å²) in [5, 5.41) is 2.98. The standard InChI is InChI=1S/C19H22FN3O/c20-18-8-2-1-6-16(18)13-23-10-4-7-17(14-23)19(24)22-12-15-5-3-9-21-11-15/h1-3,5-6,8-9,11,17H,4,7,10,12-14H2,(H,22,24). The lowest BCUT2D eigenvalue weighted by atomic mass is 9.96. The van der Waals surface area contributed by atoms with Gasteiger partial charge < -0.3 is 5.32 Å². The van der Waals surface area contributed by atoms with Gasteiger partial charge in [-0.1, -0.05) is 24.3 Å². The number of carbonyl (C=O) groups is 1. The lowest BCUT2D eigenvalue weighted by Crippen LogP contribution is -2.42. The summed E-state index contributed by atoms with van der Waals surface area (Å²) in [5.41, 5.74) is 1.68. The Morgan fingerprint density at radius 3 is 2.96 bits per heavy atom. The van der Waals surface area contributed by atoms with E-state index in [-0.39, 0.29) is 17.6 Å². The molecule has 1 amide bonds. The summed E-state index contributed by atoms with van der Waals surface area (Å²) in [6.45, 7) is 2.63. The maximum atomic E-state index is 13.8. The van der Waals surface area contributed by atoms with E-state index in [4.69, 9.17) is 0 Å². The van der Waals surface area contributed by atoms with Crippen molar-refractivity contribution in [3.63, 3.8) is 0 Å². The molecule has 0 bridgehead atoms. The van der Waals surface area contributed by atoms with Crippen LogP contribution in [0.15, 0.2) is 48.8 Å². The van der Waals surface area contributed by atoms with E-state index in [1.807, 2.05) is 18.2 Å². The van der Waals surface area contributed by atoms with Gasteiger partial charge in [0.25, 0.3) is 0 Å². The van der Waals surface area contributed by atoms with Gasteiger partial charge in [0.1, 0.15) is 5.82 Å². The summed E-state index contributed by atoms with van der Waals surface area (Å²) in [6, 6.07) is 10.6. The third-order valence-electron chi connectivity index (χ3n) is 4.42. The fourth-order valence-electron chi connectivity index (χ4n) is 3.12. The molecule has 0 aliphatic carbocycles. The van der Waals surface area contributed by atoms with Crippen LogP contribution in [-0.4, -0.2) is 28.9 Å². The predicted molar refractivity (Wildman–Crippen MR) is 90.5 cm³/mol. The van der Waals surface area contributed by atoms with Gasteiger partial charge in [-0.25, -0.2) is 4.39 Å². The lowest BCUT2D eigenvalue weighted by molar-refractivity contribution is -0.126. The lowest BCUT2D eigenvalue weighted by Gasteiger charge is -2.32. The molecular formula is C19H22FN3O. The van der Waals surface area contributed by atoms with Crippen LogP contribution in [0.5, 0.6) is 0 Å². The number of hydrogen-bond acceptors (Lipinski definition) is 3. The second-order valence-electron chi connectivity index (χ2n) is 6.24. The molecule has 1 N–H and O–H groups in total. The van der Waals surface area contributed by atoms with Crippen molar-refractivity contribution in [2.75, 3.05) is 13.1 Å². The highest BCUT2D eigenvalue weighted by Gasteiger charge is 2.26. The number of carbonyl (C=O) groups excluding carboxylic acids is 1. The second-order valence-corrected chi connectivity index (χ2v) is 6.24. The quantitative estimate of drug-likeness (QED) is 0.918. The number of halogens is 1. The zero-order valence-corrected chi connectivity index (χ0v) is 13.6. The van der Waals surface area contributed by atoms with E-state index in [1.54, 1.807) is 24.5 Å². The SMILES string of the molecule is O=C(NCc1cccnc1)C1CCCN(Cc2ccccc2F)C1. The fourth-order valence-corrected chi connectivity index (χ4v) is 3.12. The van der Waals surface area contributed by atoms with Gasteiger partial charge in [0.15, 0.2) is 0 Å². The number of likely N-dealkylation sites (tertiary alicyclic amines) is 1. The number of piperidine rings is 1. The minimum atomic E-state index is -0.180. The highest BCUT2D eigenvalue weighted by molar-refractivity contribution is 5.78. The van der Waals surface area contributed by atoms with Gasteiger partial charge in [0.05, 0.1) is 5.92 Å². The molecule has 3 rings (SSSR count). The Morgan fingerprint density at radius 1 is 1.29 bits per heavy atom. The first-order valence-corrected chi connectivity index (χ1v) is 8.35. The first-order valence-electron chi connectivity index (χ1n) is 8.35. The summed E-state index contributed by atoms with van der Waals surface area (Å²) in [6.07, 6.45) is 5.31. The van der Waals surface area contributed by atoms with Crippen LogP contribution in [0, 0.1) is 11.7 Å². The number of amides is 1. The monoisotopic (exact) mass is 327 g/mol. The summed E-state index contributed by atoms with van der Waals surface area (Å²) in [4.78, 5) is 18.6. The molecule has 1 saturated heterocycles. The molecule has 4 nitrogen and oxygen atoms in total. The minimum Gasteiger partial charge on any atom is -0.352 e. The van der Waals surface area contributed by atoms with Gasteiger partial charge in [-0.2, -0.15) is 0 Å². The van der Waals surface area contributed by atoms with Crippen molar-refractivity contribution in [3.8, 4) is 0 Å². The second kappa shape index (κ2) is 8.02. The van der Waals surface area contributed by atoms with Crippen LogP contribution in [0.2, 0.25) is 0 Å². The van der Waals surface area contributed by atoms with E-state index in [2.05, 4.69) is 15.2 Å². The molecule has 1 aliphatic heterocycles. The normalized spacial score (nSPS) is 18.3. The molecule has 2 aromatic rings. The maximum Gasteiger partial charge on any atom is 0.224 e. The van der Waals surface area contributed by atoms with Gasteiger partial charge in [-0.15, -0.1) is 0 Å². The average molecular weight is 327 g/mol. The summed E-state index contributed by atoms with van der Waals surface area (Å²) >= 11 is 0. The third kappa shape index (κ3) is 4.38. The van der Waals surface area contributed by atoms with Crippen LogP contribution in [0.3, 0.4) is 0 Å². The van der Waals surface area contributed by atoms with Crippen molar-refractivity contribution in [3.05, 3.63) is 65.7 Å². The predicted octanol–water partition coefficient (Wildman–Crippen LogP) is 2.75. The Morgan fingerprint density at radius 2 is 2.17 bits per heavy atom. The minimum absolute atomic E-state index is 0.0396. The van der Waals surface area contributed by atoms with Crippen LogP contribution in [0.1, 0.15) is 24.0 Å². The van der Waals surface area contributed by atoms with E-state index in [9.17, 15) is 9.18 Å². The zero-order chi connectivity index (χ0) is 16.8. The van der Waals surface area contributed by atoms with Crippen molar-refractivity contribution in [1.29, 1.82) is 0 Å². The smallest absolute Gasteiger partial charge is 0.224 e. The average Bonchev–Trinajstić information content (AvgIpc) is 2.63. The summed E-state index contributed by atoms with van der Waals surface area (Å²) in [5.74, 6) is -0.153. The van der Waals surface area contributed by atoms with Crippen molar-refractivity contribution in [2.45, 2.75) is 25.9 Å². The topological polar surface area (TPSA) is 45.2 Å². The largest absolute Gasteiger partial charge is 0.352 e. The molecule has 1 aliphatic rings. The first-order chi connectivity index (χ1) is 11.7. The van der Waals surface area contributed by atoms with E-state index >= 15 is 0 Å². The molecule has 1 fully saturated rings. The van der Waals surface area contributed by atoms with E-state index in [0.29, 0.717) is 25.2 Å². The van der Waals surface area contributed by atoms with E-state index in [0.717, 1.165) is 24.9 Å². The molecule has 0 saturated carbocycles. The molecule has 1 unspecified atom stereocenters. The molecule has 24 heavy (non-hydrogen) atoms. The van der Waals surface area contributed by atoms with Gasteiger partial charge in [0.2, 0.25) is 5.91 Å². The van der Waals surface area contributed by atoms with Crippen LogP contribution >= 0.6 is 0 Å². The van der Waals surface area contributed by atoms with Crippen LogP contribution in [0.4, 0.5) is 4.39 Å². The third-order valence-corrected chi connectivity index (χ3v) is 4.42. The van der Waals surface area contributed by atoms with Crippen LogP contribution in [0.25, 0.3) is 0 Å². The summed E-state index contributed by atoms with van der Waals surface area (Å²) < 4.78 is 13.8. The molecule has 1 atom stereocenters. The van der Waals surface area contributed by atoms with Crippen molar-refractivity contribution < 1.29 is 9.18 Å². The first kappa shape index (κ1) is 16.6. The van der Waals surface area contributed by atoms with Crippen molar-refractivity contribution >= 4 is 5.91 Å². The number of aromatic nitrogens is 1. The Balaban J connectivity index is 1.53.